The van der Waals surface area contributed by atoms with Crippen molar-refractivity contribution >= 4 is 5.71 Å². The van der Waals surface area contributed by atoms with Crippen LogP contribution in [0.3, 0.4) is 0 Å². The van der Waals surface area contributed by atoms with Crippen molar-refractivity contribution in [1.82, 2.24) is 0 Å². The average Bonchev–Trinajstić information content (AvgIpc) is 2.27. The van der Waals surface area contributed by atoms with Gasteiger partial charge in [-0.2, -0.15) is 0 Å². The molecule has 0 aromatic carbocycles. The molecule has 1 heteroatoms. The van der Waals surface area contributed by atoms with Gasteiger partial charge >= 0.3 is 0 Å². The van der Waals surface area contributed by atoms with Gasteiger partial charge in [-0.3, -0.25) is 0 Å². The molecule has 1 atom stereocenters. The Morgan fingerprint density at radius 1 is 0.875 bits per heavy atom. The molecule has 0 aromatic rings. The Morgan fingerprint density at radius 3 is 1.56 bits per heavy atom. The molecule has 1 aliphatic heterocycles. The Bertz CT molecular complexity index is 356. The lowest BCUT2D eigenvalue weighted by Gasteiger charge is -2.32. The van der Waals surface area contributed by atoms with Crippen LogP contribution in [0.1, 0.15) is 62.3 Å². The molecule has 0 radical (unpaired) electrons. The first-order valence-electron chi connectivity index (χ1n) is 6.28. The highest BCUT2D eigenvalue weighted by atomic mass is 15.1. The van der Waals surface area contributed by atoms with Crippen LogP contribution in [0, 0.1) is 5.41 Å². The summed E-state index contributed by atoms with van der Waals surface area (Å²) in [5.74, 6) is 0. The Morgan fingerprint density at radius 2 is 1.31 bits per heavy atom. The molecule has 0 spiro atoms. The number of nitrogens with zero attached hydrogens (tertiary/aromatic N) is 1. The molecule has 0 saturated heterocycles. The largest absolute Gasteiger partial charge is 0.222 e. The molecule has 0 fully saturated rings. The Balaban J connectivity index is 3.38. The molecule has 1 heterocycles. The van der Waals surface area contributed by atoms with Crippen molar-refractivity contribution < 1.29 is 4.58 Å². The summed E-state index contributed by atoms with van der Waals surface area (Å²) in [5, 5.41) is 0. The standard InChI is InChI=1S/C15H28N/c1-10-11(2)13(14(4,5)6)16(12(10)3)15(7,8)9/h13H,1-9H3/q+1. The molecule has 1 rings (SSSR count). The molecule has 1 aliphatic rings. The maximum Gasteiger partial charge on any atom is 0.180 e. The van der Waals surface area contributed by atoms with E-state index in [0.29, 0.717) is 6.04 Å². The lowest BCUT2D eigenvalue weighted by Crippen LogP contribution is -2.47. The van der Waals surface area contributed by atoms with Crippen molar-refractivity contribution in [3.63, 3.8) is 0 Å². The predicted molar refractivity (Wildman–Crippen MR) is 72.3 cm³/mol. The summed E-state index contributed by atoms with van der Waals surface area (Å²) < 4.78 is 2.59. The van der Waals surface area contributed by atoms with E-state index < -0.39 is 0 Å². The van der Waals surface area contributed by atoms with E-state index >= 15 is 0 Å². The van der Waals surface area contributed by atoms with Crippen LogP contribution in [-0.2, 0) is 0 Å². The first kappa shape index (κ1) is 13.5. The summed E-state index contributed by atoms with van der Waals surface area (Å²) in [7, 11) is 0. The van der Waals surface area contributed by atoms with Gasteiger partial charge in [0.2, 0.25) is 0 Å². The monoisotopic (exact) mass is 222 g/mol. The topological polar surface area (TPSA) is 3.01 Å². The maximum absolute atomic E-state index is 2.59. The zero-order valence-corrected chi connectivity index (χ0v) is 12.5. The van der Waals surface area contributed by atoms with Crippen molar-refractivity contribution in [3.8, 4) is 0 Å². The fraction of sp³-hybridized carbons (Fsp3) is 0.800. The van der Waals surface area contributed by atoms with Crippen LogP contribution in [-0.4, -0.2) is 21.9 Å². The molecular formula is C15H28N+. The minimum absolute atomic E-state index is 0.195. The highest BCUT2D eigenvalue weighted by molar-refractivity contribution is 5.96. The first-order valence-corrected chi connectivity index (χ1v) is 6.28. The Hall–Kier alpha value is -0.590. The maximum atomic E-state index is 2.59. The number of allylic oxidation sites excluding steroid dienone is 1. The van der Waals surface area contributed by atoms with E-state index in [1.54, 1.807) is 5.57 Å². The van der Waals surface area contributed by atoms with Crippen LogP contribution < -0.4 is 0 Å². The van der Waals surface area contributed by atoms with Crippen LogP contribution in [0.2, 0.25) is 0 Å². The highest BCUT2D eigenvalue weighted by Gasteiger charge is 2.47. The molecule has 1 unspecified atom stereocenters. The van der Waals surface area contributed by atoms with E-state index in [1.165, 1.54) is 11.3 Å². The second kappa shape index (κ2) is 3.72. The van der Waals surface area contributed by atoms with Gasteiger partial charge in [-0.25, -0.2) is 4.58 Å². The molecule has 1 nitrogen and oxygen atoms in total. The van der Waals surface area contributed by atoms with Gasteiger partial charge in [0.05, 0.1) is 0 Å². The summed E-state index contributed by atoms with van der Waals surface area (Å²) in [6.07, 6.45) is 0. The lowest BCUT2D eigenvalue weighted by molar-refractivity contribution is -0.630. The van der Waals surface area contributed by atoms with Gasteiger partial charge in [0.1, 0.15) is 0 Å². The summed E-state index contributed by atoms with van der Waals surface area (Å²) in [4.78, 5) is 0. The molecule has 0 aliphatic carbocycles. The van der Waals surface area contributed by atoms with E-state index in [-0.39, 0.29) is 11.0 Å². The molecule has 0 N–H and O–H groups in total. The van der Waals surface area contributed by atoms with Gasteiger partial charge < -0.3 is 0 Å². The van der Waals surface area contributed by atoms with Crippen LogP contribution >= 0.6 is 0 Å². The third-order valence-corrected chi connectivity index (χ3v) is 3.71. The van der Waals surface area contributed by atoms with Gasteiger partial charge in [-0.05, 0) is 34.6 Å². The molecule has 0 amide bonds. The zero-order valence-electron chi connectivity index (χ0n) is 12.5. The van der Waals surface area contributed by atoms with Crippen molar-refractivity contribution in [1.29, 1.82) is 0 Å². The van der Waals surface area contributed by atoms with Crippen LogP contribution in [0.15, 0.2) is 11.1 Å². The minimum Gasteiger partial charge on any atom is -0.222 e. The van der Waals surface area contributed by atoms with E-state index in [9.17, 15) is 0 Å². The third-order valence-electron chi connectivity index (χ3n) is 3.71. The molecule has 0 aromatic heterocycles. The number of rotatable bonds is 0. The first-order chi connectivity index (χ1) is 6.98. The second-order valence-electron chi connectivity index (χ2n) is 7.20. The third kappa shape index (κ3) is 2.09. The van der Waals surface area contributed by atoms with Gasteiger partial charge in [0, 0.05) is 23.5 Å². The van der Waals surface area contributed by atoms with Gasteiger partial charge in [-0.1, -0.05) is 20.8 Å². The molecule has 0 saturated carbocycles. The summed E-state index contributed by atoms with van der Waals surface area (Å²) in [5.41, 5.74) is 4.96. The Kier molecular flexibility index (Phi) is 3.13. The molecule has 16 heavy (non-hydrogen) atoms. The van der Waals surface area contributed by atoms with Crippen LogP contribution in [0.5, 0.6) is 0 Å². The smallest absolute Gasteiger partial charge is 0.180 e. The average molecular weight is 222 g/mol. The normalized spacial score (nSPS) is 23.4. The van der Waals surface area contributed by atoms with E-state index in [4.69, 9.17) is 0 Å². The van der Waals surface area contributed by atoms with Gasteiger partial charge in [-0.15, -0.1) is 0 Å². The van der Waals surface area contributed by atoms with Crippen molar-refractivity contribution in [3.05, 3.63) is 11.1 Å². The number of hydrogen-bond acceptors (Lipinski definition) is 0. The Labute approximate surface area is 101 Å². The zero-order chi connectivity index (χ0) is 12.9. The summed E-state index contributed by atoms with van der Waals surface area (Å²) >= 11 is 0. The highest BCUT2D eigenvalue weighted by Crippen LogP contribution is 2.37. The van der Waals surface area contributed by atoms with Crippen molar-refractivity contribution in [2.45, 2.75) is 73.9 Å². The summed E-state index contributed by atoms with van der Waals surface area (Å²) in [6.45, 7) is 20.7. The minimum atomic E-state index is 0.195. The fourth-order valence-electron chi connectivity index (χ4n) is 2.99. The summed E-state index contributed by atoms with van der Waals surface area (Å²) in [6, 6.07) is 0.535. The van der Waals surface area contributed by atoms with E-state index in [0.717, 1.165) is 0 Å². The SMILES string of the molecule is CC1=C(C)C(C(C)(C)C)[N+](C(C)(C)C)=C1C. The van der Waals surface area contributed by atoms with E-state index in [1.807, 2.05) is 0 Å². The second-order valence-corrected chi connectivity index (χ2v) is 7.20. The molecule has 0 bridgehead atoms. The van der Waals surface area contributed by atoms with Gasteiger partial charge in [0.15, 0.2) is 17.3 Å². The van der Waals surface area contributed by atoms with Crippen LogP contribution in [0.4, 0.5) is 0 Å². The molecular weight excluding hydrogens is 194 g/mol. The fourth-order valence-corrected chi connectivity index (χ4v) is 2.99. The quantitative estimate of drug-likeness (QED) is 0.545. The van der Waals surface area contributed by atoms with Crippen molar-refractivity contribution in [2.24, 2.45) is 5.41 Å². The van der Waals surface area contributed by atoms with Crippen LogP contribution in [0.25, 0.3) is 0 Å². The van der Waals surface area contributed by atoms with E-state index in [2.05, 4.69) is 66.9 Å². The van der Waals surface area contributed by atoms with Gasteiger partial charge in [0.25, 0.3) is 0 Å². The molecule has 92 valence electrons. The predicted octanol–water partition coefficient (Wildman–Crippen LogP) is 4.02. The number of hydrogen-bond donors (Lipinski definition) is 0. The lowest BCUT2D eigenvalue weighted by atomic mass is 9.81. The van der Waals surface area contributed by atoms with Crippen molar-refractivity contribution in [2.75, 3.05) is 0 Å².